The molecule has 0 unspecified atom stereocenters. The van der Waals surface area contributed by atoms with Gasteiger partial charge in [0.25, 0.3) is 11.8 Å². The first-order valence-corrected chi connectivity index (χ1v) is 22.4. The second kappa shape index (κ2) is 14.4. The van der Waals surface area contributed by atoms with E-state index in [9.17, 15) is 14.7 Å². The molecule has 0 radical (unpaired) electrons. The molecule has 1 spiro atoms. The summed E-state index contributed by atoms with van der Waals surface area (Å²) in [5.74, 6) is 0.597. The number of likely N-dealkylation sites (tertiary alicyclic amines) is 1. The monoisotopic (exact) mass is 779 g/mol. The molecule has 5 atom stereocenters. The third kappa shape index (κ3) is 6.21. The number of carbonyl (C=O) groups is 3. The number of ether oxygens (including phenoxy) is 3. The molecule has 286 valence electrons. The second-order valence-electron chi connectivity index (χ2n) is 15.6. The van der Waals surface area contributed by atoms with Crippen LogP contribution in [0, 0.1) is 5.92 Å². The predicted octanol–water partition coefficient (Wildman–Crippen LogP) is 6.54. The maximum absolute atomic E-state index is 15.3. The first-order chi connectivity index (χ1) is 26.5. The first-order valence-electron chi connectivity index (χ1n) is 19.0. The number of nitrogens with zero attached hydrogens (tertiary/aromatic N) is 3. The maximum Gasteiger partial charge on any atom is 0.269 e. The number of benzene rings is 4. The number of hydrogen-bond acceptors (Lipinski definition) is 7. The smallest absolute Gasteiger partial charge is 0.269 e. The summed E-state index contributed by atoms with van der Waals surface area (Å²) < 4.78 is 18.4. The zero-order valence-corrected chi connectivity index (χ0v) is 33.3. The van der Waals surface area contributed by atoms with Crippen molar-refractivity contribution in [2.75, 3.05) is 36.7 Å². The Kier molecular flexibility index (Phi) is 9.77. The van der Waals surface area contributed by atoms with Gasteiger partial charge in [0.1, 0.15) is 11.5 Å². The van der Waals surface area contributed by atoms with Gasteiger partial charge in [-0.3, -0.25) is 19.3 Å². The van der Waals surface area contributed by atoms with E-state index < -0.39 is 19.8 Å². The van der Waals surface area contributed by atoms with E-state index >= 15 is 4.79 Å². The van der Waals surface area contributed by atoms with Gasteiger partial charge in [-0.2, -0.15) is 0 Å². The van der Waals surface area contributed by atoms with E-state index in [4.69, 9.17) is 25.8 Å². The van der Waals surface area contributed by atoms with Crippen molar-refractivity contribution >= 4 is 59.6 Å². The van der Waals surface area contributed by atoms with Crippen LogP contribution in [-0.2, 0) is 31.3 Å². The second-order valence-corrected chi connectivity index (χ2v) is 20.8. The molecule has 55 heavy (non-hydrogen) atoms. The van der Waals surface area contributed by atoms with Gasteiger partial charge in [-0.05, 0) is 78.5 Å². The Hall–Kier alpha value is -4.68. The third-order valence-corrected chi connectivity index (χ3v) is 16.9. The lowest BCUT2D eigenvalue weighted by Crippen LogP contribution is -2.52. The Bertz CT molecular complexity index is 2150. The number of aliphatic hydroxyl groups excluding tert-OH is 1. The number of fused-ring (bicyclic) bond motifs is 3. The lowest BCUT2D eigenvalue weighted by atomic mass is 9.82. The highest BCUT2D eigenvalue weighted by molar-refractivity contribution is 6.91. The molecule has 4 aliphatic rings. The minimum atomic E-state index is -2.51. The third-order valence-electron chi connectivity index (χ3n) is 12.3. The van der Waals surface area contributed by atoms with Gasteiger partial charge in [-0.1, -0.05) is 73.2 Å². The Morgan fingerprint density at radius 2 is 1.78 bits per heavy atom. The first kappa shape index (κ1) is 37.3. The van der Waals surface area contributed by atoms with Crippen molar-refractivity contribution in [3.63, 3.8) is 0 Å². The van der Waals surface area contributed by atoms with Gasteiger partial charge in [0.15, 0.2) is 12.2 Å². The summed E-state index contributed by atoms with van der Waals surface area (Å²) in [6.45, 7) is 7.32. The highest BCUT2D eigenvalue weighted by atomic mass is 35.5. The fourth-order valence-electron chi connectivity index (χ4n) is 9.65. The Balaban J connectivity index is 1.18. The van der Waals surface area contributed by atoms with Crippen LogP contribution in [0.5, 0.6) is 11.5 Å². The van der Waals surface area contributed by atoms with E-state index in [0.29, 0.717) is 39.9 Å². The molecule has 2 fully saturated rings. The van der Waals surface area contributed by atoms with E-state index in [0.717, 1.165) is 24.2 Å². The summed E-state index contributed by atoms with van der Waals surface area (Å²) in [6.07, 6.45) is 1.12. The molecular formula is C43H46ClN3O7Si. The Morgan fingerprint density at radius 1 is 1.00 bits per heavy atom. The van der Waals surface area contributed by atoms with Crippen LogP contribution in [0.3, 0.4) is 0 Å². The molecule has 12 heteroatoms. The SMILES string of the molecule is COc1ccc([Si](C)(C)[C@@H]2[C@@H](CC(=O)N3CCC[C@H]3CO)O[C@]3(C(=O)N(Cc4cccc(N5C(=O)COc6ccccc65)c4)c4ccc(Cl)cc43)[C@H]2C)cc1. The highest BCUT2D eigenvalue weighted by Gasteiger charge is 2.66. The predicted molar refractivity (Wildman–Crippen MR) is 214 cm³/mol. The normalized spacial score (nSPS) is 24.7. The van der Waals surface area contributed by atoms with E-state index in [1.165, 1.54) is 5.19 Å². The summed E-state index contributed by atoms with van der Waals surface area (Å²) >= 11 is 6.72. The van der Waals surface area contributed by atoms with Gasteiger partial charge in [-0.15, -0.1) is 0 Å². The number of hydrogen-bond donors (Lipinski definition) is 1. The van der Waals surface area contributed by atoms with E-state index in [1.54, 1.807) is 27.9 Å². The Labute approximate surface area is 327 Å². The maximum atomic E-state index is 15.3. The van der Waals surface area contributed by atoms with Crippen molar-refractivity contribution < 1.29 is 33.7 Å². The molecule has 0 aromatic heterocycles. The van der Waals surface area contributed by atoms with E-state index in [1.807, 2.05) is 72.8 Å². The molecular weight excluding hydrogens is 734 g/mol. The number of anilines is 3. The van der Waals surface area contributed by atoms with Crippen molar-refractivity contribution in [1.29, 1.82) is 0 Å². The number of methoxy groups -OCH3 is 1. The van der Waals surface area contributed by atoms with Crippen LogP contribution < -0.4 is 24.5 Å². The van der Waals surface area contributed by atoms with E-state index in [-0.39, 0.29) is 61.4 Å². The molecule has 4 aromatic rings. The van der Waals surface area contributed by atoms with Crippen LogP contribution in [0.25, 0.3) is 0 Å². The summed E-state index contributed by atoms with van der Waals surface area (Å²) in [6, 6.07) is 28.5. The molecule has 0 saturated carbocycles. The van der Waals surface area contributed by atoms with Gasteiger partial charge in [0.05, 0.1) is 58.3 Å². The standard InChI is InChI=1S/C43H46ClN3O7Si/c1-27-41(55(3,4)33-17-15-32(52-2)16-18-33)38(23-39(49)45-20-8-11-31(45)25-48)54-43(27)34-22-29(44)14-19-35(34)46(42(43)51)24-28-9-7-10-30(21-28)47-36-12-5-6-13-37(36)53-26-40(47)50/h5-7,9-10,12-19,21-22,27,31,38,41,48H,8,11,20,23-26H2,1-4H3/t27-,31-,38+,41-,43+/m0/s1. The number of rotatable bonds is 9. The van der Waals surface area contributed by atoms with Crippen molar-refractivity contribution in [3.05, 3.63) is 107 Å². The molecule has 4 aliphatic heterocycles. The molecule has 0 bridgehead atoms. The summed E-state index contributed by atoms with van der Waals surface area (Å²) in [5, 5.41) is 11.7. The highest BCUT2D eigenvalue weighted by Crippen LogP contribution is 2.60. The molecule has 2 saturated heterocycles. The lowest BCUT2D eigenvalue weighted by molar-refractivity contribution is -0.150. The van der Waals surface area contributed by atoms with Crippen molar-refractivity contribution in [1.82, 2.24) is 4.90 Å². The largest absolute Gasteiger partial charge is 0.497 e. The Morgan fingerprint density at radius 3 is 2.55 bits per heavy atom. The zero-order chi connectivity index (χ0) is 38.6. The van der Waals surface area contributed by atoms with Crippen LogP contribution in [0.4, 0.5) is 17.1 Å². The minimum absolute atomic E-state index is 0.0694. The van der Waals surface area contributed by atoms with Crippen molar-refractivity contribution in [2.45, 2.75) is 69.1 Å². The van der Waals surface area contributed by atoms with Crippen LogP contribution in [-0.4, -0.2) is 74.8 Å². The van der Waals surface area contributed by atoms with Gasteiger partial charge in [0.2, 0.25) is 5.91 Å². The number of aliphatic hydroxyl groups is 1. The lowest BCUT2D eigenvalue weighted by Gasteiger charge is -2.37. The molecule has 4 aromatic carbocycles. The molecule has 8 rings (SSSR count). The molecule has 0 aliphatic carbocycles. The fraction of sp³-hybridized carbons (Fsp3) is 0.372. The van der Waals surface area contributed by atoms with Crippen molar-refractivity contribution in [2.24, 2.45) is 5.92 Å². The van der Waals surface area contributed by atoms with Gasteiger partial charge in [0, 0.05) is 28.7 Å². The number of carbonyl (C=O) groups excluding carboxylic acids is 3. The van der Waals surface area contributed by atoms with Gasteiger partial charge in [-0.25, -0.2) is 0 Å². The molecule has 3 amide bonds. The summed E-state index contributed by atoms with van der Waals surface area (Å²) in [5.41, 5.74) is 2.02. The zero-order valence-electron chi connectivity index (χ0n) is 31.5. The van der Waals surface area contributed by atoms with Crippen LogP contribution in [0.2, 0.25) is 23.7 Å². The molecule has 1 N–H and O–H groups in total. The topological polar surface area (TPSA) is 109 Å². The quantitative estimate of drug-likeness (QED) is 0.192. The van der Waals surface area contributed by atoms with Crippen LogP contribution in [0.1, 0.15) is 37.3 Å². The average molecular weight is 780 g/mol. The molecule has 4 heterocycles. The van der Waals surface area contributed by atoms with Crippen molar-refractivity contribution in [3.8, 4) is 11.5 Å². The van der Waals surface area contributed by atoms with Gasteiger partial charge < -0.3 is 29.1 Å². The average Bonchev–Trinajstić information content (AvgIpc) is 3.85. The number of halogens is 1. The molecule has 10 nitrogen and oxygen atoms in total. The summed E-state index contributed by atoms with van der Waals surface area (Å²) in [4.78, 5) is 47.9. The summed E-state index contributed by atoms with van der Waals surface area (Å²) in [7, 11) is -0.864. The van der Waals surface area contributed by atoms with Crippen LogP contribution in [0.15, 0.2) is 91.0 Å². The fourth-order valence-corrected chi connectivity index (χ4v) is 13.8. The van der Waals surface area contributed by atoms with Gasteiger partial charge >= 0.3 is 0 Å². The number of para-hydroxylation sites is 2. The van der Waals surface area contributed by atoms with Crippen LogP contribution >= 0.6 is 11.6 Å². The number of amides is 3. The van der Waals surface area contributed by atoms with E-state index in [2.05, 4.69) is 32.2 Å². The minimum Gasteiger partial charge on any atom is -0.497 e.